The molecule has 3 aromatic heterocycles. The lowest BCUT2D eigenvalue weighted by Crippen LogP contribution is -2.13. The highest BCUT2D eigenvalue weighted by molar-refractivity contribution is 5.75. The Labute approximate surface area is 158 Å². The van der Waals surface area contributed by atoms with Crippen molar-refractivity contribution in [2.24, 2.45) is 0 Å². The number of nitrogens with two attached hydrogens (primary N) is 1. The van der Waals surface area contributed by atoms with Gasteiger partial charge in [0, 0.05) is 11.6 Å². The predicted octanol–water partition coefficient (Wildman–Crippen LogP) is 2.94. The minimum Gasteiger partial charge on any atom is -0.378 e. The Morgan fingerprint density at radius 3 is 2.82 bits per heavy atom. The van der Waals surface area contributed by atoms with E-state index in [4.69, 9.17) is 5.73 Å². The minimum atomic E-state index is -0.620. The predicted molar refractivity (Wildman–Crippen MR) is 98.9 cm³/mol. The summed E-state index contributed by atoms with van der Waals surface area (Å²) < 4.78 is 13.1. The normalized spacial score (nSPS) is 14.6. The molecule has 0 amide bonds. The highest BCUT2D eigenvalue weighted by atomic mass is 19.1. The van der Waals surface area contributed by atoms with Gasteiger partial charge in [0.05, 0.1) is 22.9 Å². The molecule has 10 nitrogen and oxygen atoms in total. The first-order valence-corrected chi connectivity index (χ1v) is 8.68. The van der Waals surface area contributed by atoms with E-state index < -0.39 is 16.4 Å². The molecule has 1 atom stereocenters. The van der Waals surface area contributed by atoms with E-state index in [1.807, 2.05) is 0 Å². The molecule has 3 heterocycles. The monoisotopic (exact) mass is 384 g/mol. The van der Waals surface area contributed by atoms with Crippen LogP contribution in [0, 0.1) is 15.9 Å². The van der Waals surface area contributed by atoms with Gasteiger partial charge in [-0.1, -0.05) is 0 Å². The summed E-state index contributed by atoms with van der Waals surface area (Å²) in [6.45, 7) is 1.78. The first kappa shape index (κ1) is 17.8. The summed E-state index contributed by atoms with van der Waals surface area (Å²) in [5.74, 6) is -0.221. The number of H-pyrrole nitrogens is 1. The molecular formula is C17H17FN8O2. The fourth-order valence-corrected chi connectivity index (χ4v) is 2.87. The number of nitrogens with zero attached hydrogens (tertiary/aromatic N) is 5. The number of halogens is 1. The van der Waals surface area contributed by atoms with Gasteiger partial charge in [0.25, 0.3) is 0 Å². The number of nitro groups is 1. The number of hydrogen-bond donors (Lipinski definition) is 3. The van der Waals surface area contributed by atoms with E-state index in [9.17, 15) is 14.5 Å². The molecule has 0 unspecified atom stereocenters. The molecule has 1 aliphatic carbocycles. The van der Waals surface area contributed by atoms with Crippen LogP contribution in [0.5, 0.6) is 0 Å². The standard InChI is InChI=1S/C17H17FN8O2/c1-8(11-5-4-10(18)7-20-11)21-17-22-14(15(26(27)28)16(19)23-17)13-6-12(24-25-13)9-2-3-9/h4-9H,2-3H2,1H3,(H,24,25)(H3,19,21,22,23)/t8-/m0/s1. The third kappa shape index (κ3) is 3.46. The van der Waals surface area contributed by atoms with Crippen molar-refractivity contribution in [3.63, 3.8) is 0 Å². The molecule has 1 fully saturated rings. The summed E-state index contributed by atoms with van der Waals surface area (Å²) in [7, 11) is 0. The van der Waals surface area contributed by atoms with E-state index in [0.29, 0.717) is 17.3 Å². The van der Waals surface area contributed by atoms with Crippen LogP contribution in [-0.4, -0.2) is 30.1 Å². The molecule has 28 heavy (non-hydrogen) atoms. The Hall–Kier alpha value is -3.63. The van der Waals surface area contributed by atoms with Crippen LogP contribution in [0.25, 0.3) is 11.4 Å². The van der Waals surface area contributed by atoms with Crippen molar-refractivity contribution in [3.8, 4) is 11.4 Å². The largest absolute Gasteiger partial charge is 0.378 e. The van der Waals surface area contributed by atoms with E-state index in [2.05, 4.69) is 30.5 Å². The van der Waals surface area contributed by atoms with Gasteiger partial charge in [0.2, 0.25) is 11.8 Å². The number of nitrogen functional groups attached to an aromatic ring is 1. The average molecular weight is 384 g/mol. The molecule has 0 saturated heterocycles. The summed E-state index contributed by atoms with van der Waals surface area (Å²) >= 11 is 0. The van der Waals surface area contributed by atoms with Crippen LogP contribution in [0.1, 0.15) is 43.1 Å². The Morgan fingerprint density at radius 2 is 2.18 bits per heavy atom. The van der Waals surface area contributed by atoms with Gasteiger partial charge in [-0.2, -0.15) is 10.1 Å². The first-order chi connectivity index (χ1) is 13.4. The molecule has 0 aliphatic heterocycles. The lowest BCUT2D eigenvalue weighted by atomic mass is 10.2. The zero-order valence-corrected chi connectivity index (χ0v) is 14.9. The fraction of sp³-hybridized carbons (Fsp3) is 0.294. The van der Waals surface area contributed by atoms with E-state index in [1.165, 1.54) is 12.1 Å². The number of anilines is 2. The van der Waals surface area contributed by atoms with Crippen LogP contribution in [0.2, 0.25) is 0 Å². The van der Waals surface area contributed by atoms with E-state index in [-0.39, 0.29) is 23.5 Å². The summed E-state index contributed by atoms with van der Waals surface area (Å²) in [5, 5.41) is 21.6. The summed E-state index contributed by atoms with van der Waals surface area (Å²) in [6.07, 6.45) is 3.22. The highest BCUT2D eigenvalue weighted by Crippen LogP contribution is 2.41. The minimum absolute atomic E-state index is 0.0300. The van der Waals surface area contributed by atoms with Gasteiger partial charge in [-0.25, -0.2) is 9.37 Å². The molecule has 11 heteroatoms. The zero-order chi connectivity index (χ0) is 19.8. The Bertz CT molecular complexity index is 1030. The van der Waals surface area contributed by atoms with Crippen LogP contribution in [0.15, 0.2) is 24.4 Å². The van der Waals surface area contributed by atoms with E-state index >= 15 is 0 Å². The Balaban J connectivity index is 1.69. The smallest absolute Gasteiger partial charge is 0.339 e. The molecule has 0 radical (unpaired) electrons. The average Bonchev–Trinajstić information content (AvgIpc) is 3.38. The van der Waals surface area contributed by atoms with Crippen molar-refractivity contribution >= 4 is 17.5 Å². The van der Waals surface area contributed by atoms with Crippen molar-refractivity contribution in [3.05, 3.63) is 51.7 Å². The van der Waals surface area contributed by atoms with Gasteiger partial charge in [-0.05, 0) is 38.0 Å². The number of nitrogens with one attached hydrogen (secondary N) is 2. The van der Waals surface area contributed by atoms with Crippen molar-refractivity contribution in [1.29, 1.82) is 0 Å². The number of rotatable bonds is 6. The maximum absolute atomic E-state index is 13.1. The topological polar surface area (TPSA) is 149 Å². The van der Waals surface area contributed by atoms with Crippen molar-refractivity contribution < 1.29 is 9.31 Å². The lowest BCUT2D eigenvalue weighted by molar-refractivity contribution is -0.383. The van der Waals surface area contributed by atoms with Crippen LogP contribution >= 0.6 is 0 Å². The number of aromatic amines is 1. The van der Waals surface area contributed by atoms with Gasteiger partial charge in [-0.15, -0.1) is 0 Å². The van der Waals surface area contributed by atoms with E-state index in [0.717, 1.165) is 24.7 Å². The maximum atomic E-state index is 13.1. The van der Waals surface area contributed by atoms with E-state index in [1.54, 1.807) is 13.0 Å². The fourth-order valence-electron chi connectivity index (χ4n) is 2.87. The Kier molecular flexibility index (Phi) is 4.34. The van der Waals surface area contributed by atoms with Crippen molar-refractivity contribution in [1.82, 2.24) is 25.1 Å². The Morgan fingerprint density at radius 1 is 1.39 bits per heavy atom. The van der Waals surface area contributed by atoms with Crippen molar-refractivity contribution in [2.75, 3.05) is 11.1 Å². The van der Waals surface area contributed by atoms with Gasteiger partial charge in [0.1, 0.15) is 11.5 Å². The third-order valence-electron chi connectivity index (χ3n) is 4.49. The van der Waals surface area contributed by atoms with Crippen molar-refractivity contribution in [2.45, 2.75) is 31.7 Å². The van der Waals surface area contributed by atoms with Crippen LogP contribution < -0.4 is 11.1 Å². The van der Waals surface area contributed by atoms with Crippen LogP contribution in [0.4, 0.5) is 21.8 Å². The molecule has 144 valence electrons. The van der Waals surface area contributed by atoms with Gasteiger partial charge in [0.15, 0.2) is 5.69 Å². The first-order valence-electron chi connectivity index (χ1n) is 8.68. The second kappa shape index (κ2) is 6.83. The molecule has 1 aliphatic rings. The molecule has 1 saturated carbocycles. The molecule has 0 bridgehead atoms. The van der Waals surface area contributed by atoms with Crippen LogP contribution in [0.3, 0.4) is 0 Å². The summed E-state index contributed by atoms with van der Waals surface area (Å²) in [6, 6.07) is 4.19. The zero-order valence-electron chi connectivity index (χ0n) is 14.9. The summed E-state index contributed by atoms with van der Waals surface area (Å²) in [4.78, 5) is 23.1. The molecule has 3 aromatic rings. The molecule has 4 rings (SSSR count). The second-order valence-corrected chi connectivity index (χ2v) is 6.64. The SMILES string of the molecule is C[C@H](Nc1nc(N)c([N+](=O)[O-])c(-c2cc(C3CC3)[nH]n2)n1)c1ccc(F)cn1. The van der Waals surface area contributed by atoms with Gasteiger partial charge >= 0.3 is 5.69 Å². The number of pyridine rings is 1. The molecule has 0 spiro atoms. The molecular weight excluding hydrogens is 367 g/mol. The third-order valence-corrected chi connectivity index (χ3v) is 4.49. The lowest BCUT2D eigenvalue weighted by Gasteiger charge is -2.14. The number of aromatic nitrogens is 5. The second-order valence-electron chi connectivity index (χ2n) is 6.64. The highest BCUT2D eigenvalue weighted by Gasteiger charge is 2.30. The number of hydrogen-bond acceptors (Lipinski definition) is 8. The van der Waals surface area contributed by atoms with Gasteiger partial charge in [-0.3, -0.25) is 20.2 Å². The summed E-state index contributed by atoms with van der Waals surface area (Å²) in [5.41, 5.74) is 7.27. The quantitative estimate of drug-likeness (QED) is 0.434. The molecule has 0 aromatic carbocycles. The maximum Gasteiger partial charge on any atom is 0.339 e. The van der Waals surface area contributed by atoms with Gasteiger partial charge < -0.3 is 11.1 Å². The molecule has 4 N–H and O–H groups in total. The van der Waals surface area contributed by atoms with Crippen LogP contribution in [-0.2, 0) is 0 Å².